The molecule has 0 amide bonds. The summed E-state index contributed by atoms with van der Waals surface area (Å²) in [5, 5.41) is 7.16. The molecule has 0 aromatic carbocycles. The van der Waals surface area contributed by atoms with Crippen LogP contribution in [0.25, 0.3) is 0 Å². The number of hydrogen-bond donors (Lipinski definition) is 2. The maximum absolute atomic E-state index is 5.91. The van der Waals surface area contributed by atoms with Crippen LogP contribution in [0.4, 0.5) is 11.8 Å². The van der Waals surface area contributed by atoms with Crippen LogP contribution in [0.3, 0.4) is 0 Å². The van der Waals surface area contributed by atoms with Crippen molar-refractivity contribution < 1.29 is 4.74 Å². The Labute approximate surface area is 128 Å². The van der Waals surface area contributed by atoms with Crippen LogP contribution in [0.1, 0.15) is 35.7 Å². The molecule has 22 heavy (non-hydrogen) atoms. The molecule has 116 valence electrons. The Morgan fingerprint density at radius 3 is 3.18 bits per heavy atom. The molecule has 2 aromatic rings. The van der Waals surface area contributed by atoms with Crippen LogP contribution in [-0.2, 0) is 17.8 Å². The first-order valence-corrected chi connectivity index (χ1v) is 7.78. The van der Waals surface area contributed by atoms with Gasteiger partial charge in [-0.25, -0.2) is 4.98 Å². The lowest BCUT2D eigenvalue weighted by Gasteiger charge is -2.35. The SMILES string of the molecule is Nc1nc2c(c(N3CCCC(c4ccn[nH]4)C3)n1)COCC2. The zero-order valence-electron chi connectivity index (χ0n) is 12.5. The van der Waals surface area contributed by atoms with Crippen molar-refractivity contribution in [1.82, 2.24) is 20.2 Å². The monoisotopic (exact) mass is 300 g/mol. The van der Waals surface area contributed by atoms with E-state index < -0.39 is 0 Å². The number of ether oxygens (including phenoxy) is 1. The number of nitrogens with zero attached hydrogens (tertiary/aromatic N) is 4. The number of H-pyrrole nitrogens is 1. The zero-order valence-corrected chi connectivity index (χ0v) is 12.5. The Bertz CT molecular complexity index is 656. The van der Waals surface area contributed by atoms with Gasteiger partial charge in [0.1, 0.15) is 5.82 Å². The van der Waals surface area contributed by atoms with Gasteiger partial charge in [-0.2, -0.15) is 10.1 Å². The summed E-state index contributed by atoms with van der Waals surface area (Å²) in [4.78, 5) is 11.2. The fourth-order valence-corrected chi connectivity index (χ4v) is 3.41. The quantitative estimate of drug-likeness (QED) is 0.867. The molecule has 1 atom stereocenters. The van der Waals surface area contributed by atoms with Gasteiger partial charge < -0.3 is 15.4 Å². The van der Waals surface area contributed by atoms with Crippen molar-refractivity contribution in [2.75, 3.05) is 30.3 Å². The molecule has 2 aliphatic rings. The highest BCUT2D eigenvalue weighted by Gasteiger charge is 2.27. The van der Waals surface area contributed by atoms with E-state index in [0.29, 0.717) is 25.1 Å². The van der Waals surface area contributed by atoms with Crippen LogP contribution in [0.15, 0.2) is 12.3 Å². The molecule has 0 aliphatic carbocycles. The number of nitrogen functional groups attached to an aromatic ring is 1. The number of anilines is 2. The van der Waals surface area contributed by atoms with Crippen molar-refractivity contribution in [1.29, 1.82) is 0 Å². The molecule has 7 heteroatoms. The topological polar surface area (TPSA) is 93.0 Å². The van der Waals surface area contributed by atoms with Crippen molar-refractivity contribution in [3.63, 3.8) is 0 Å². The minimum atomic E-state index is 0.360. The van der Waals surface area contributed by atoms with Crippen LogP contribution in [0, 0.1) is 0 Å². The van der Waals surface area contributed by atoms with Gasteiger partial charge in [0.25, 0.3) is 0 Å². The highest BCUT2D eigenvalue weighted by atomic mass is 16.5. The van der Waals surface area contributed by atoms with E-state index in [4.69, 9.17) is 10.5 Å². The fourth-order valence-electron chi connectivity index (χ4n) is 3.41. The summed E-state index contributed by atoms with van der Waals surface area (Å²) >= 11 is 0. The number of aromatic amines is 1. The number of nitrogens with one attached hydrogen (secondary N) is 1. The summed E-state index contributed by atoms with van der Waals surface area (Å²) in [5.41, 5.74) is 9.25. The average Bonchev–Trinajstić information content (AvgIpc) is 3.09. The maximum Gasteiger partial charge on any atom is 0.222 e. The number of nitrogens with two attached hydrogens (primary N) is 1. The van der Waals surface area contributed by atoms with E-state index in [1.54, 1.807) is 0 Å². The number of aromatic nitrogens is 4. The molecule has 1 saturated heterocycles. The maximum atomic E-state index is 5.91. The van der Waals surface area contributed by atoms with E-state index in [0.717, 1.165) is 49.4 Å². The van der Waals surface area contributed by atoms with E-state index >= 15 is 0 Å². The number of fused-ring (bicyclic) bond motifs is 1. The standard InChI is InChI=1S/C15H20N6O/c16-15-18-13-4-7-22-9-11(13)14(19-15)21-6-1-2-10(8-21)12-3-5-17-20-12/h3,5,10H,1-2,4,6-9H2,(H,17,20)(H2,16,18,19). The first-order chi connectivity index (χ1) is 10.8. The molecule has 4 heterocycles. The van der Waals surface area contributed by atoms with E-state index in [9.17, 15) is 0 Å². The molecule has 2 aromatic heterocycles. The Balaban J connectivity index is 1.65. The normalized spacial score (nSPS) is 21.6. The first kappa shape index (κ1) is 13.5. The molecule has 2 aliphatic heterocycles. The van der Waals surface area contributed by atoms with Gasteiger partial charge in [-0.15, -0.1) is 0 Å². The molecule has 0 bridgehead atoms. The minimum Gasteiger partial charge on any atom is -0.376 e. The van der Waals surface area contributed by atoms with Gasteiger partial charge in [-0.1, -0.05) is 0 Å². The highest BCUT2D eigenvalue weighted by Crippen LogP contribution is 2.32. The Morgan fingerprint density at radius 2 is 2.32 bits per heavy atom. The van der Waals surface area contributed by atoms with Gasteiger partial charge in [-0.05, 0) is 18.9 Å². The summed E-state index contributed by atoms with van der Waals surface area (Å²) in [6, 6.07) is 2.06. The van der Waals surface area contributed by atoms with Gasteiger partial charge in [-0.3, -0.25) is 5.10 Å². The second kappa shape index (κ2) is 5.57. The Hall–Kier alpha value is -2.15. The van der Waals surface area contributed by atoms with E-state index in [-0.39, 0.29) is 0 Å². The van der Waals surface area contributed by atoms with Crippen LogP contribution in [-0.4, -0.2) is 39.9 Å². The van der Waals surface area contributed by atoms with Gasteiger partial charge in [0.2, 0.25) is 5.95 Å². The van der Waals surface area contributed by atoms with Crippen LogP contribution in [0.2, 0.25) is 0 Å². The van der Waals surface area contributed by atoms with E-state index in [1.165, 1.54) is 5.69 Å². The second-order valence-electron chi connectivity index (χ2n) is 5.93. The third-order valence-corrected chi connectivity index (χ3v) is 4.50. The smallest absolute Gasteiger partial charge is 0.222 e. The molecule has 0 saturated carbocycles. The average molecular weight is 300 g/mol. The molecule has 7 nitrogen and oxygen atoms in total. The van der Waals surface area contributed by atoms with Crippen LogP contribution < -0.4 is 10.6 Å². The molecule has 1 fully saturated rings. The third kappa shape index (κ3) is 2.41. The van der Waals surface area contributed by atoms with Gasteiger partial charge >= 0.3 is 0 Å². The van der Waals surface area contributed by atoms with Crippen LogP contribution >= 0.6 is 0 Å². The summed E-state index contributed by atoms with van der Waals surface area (Å²) < 4.78 is 5.60. The Kier molecular flexibility index (Phi) is 3.42. The summed E-state index contributed by atoms with van der Waals surface area (Å²) in [6.45, 7) is 3.20. The van der Waals surface area contributed by atoms with Crippen molar-refractivity contribution in [3.05, 3.63) is 29.2 Å². The first-order valence-electron chi connectivity index (χ1n) is 7.78. The molecular weight excluding hydrogens is 280 g/mol. The van der Waals surface area contributed by atoms with E-state index in [1.807, 2.05) is 6.20 Å². The summed E-state index contributed by atoms with van der Waals surface area (Å²) in [5.74, 6) is 1.76. The van der Waals surface area contributed by atoms with Crippen molar-refractivity contribution in [2.45, 2.75) is 31.8 Å². The third-order valence-electron chi connectivity index (χ3n) is 4.50. The molecule has 0 radical (unpaired) electrons. The summed E-state index contributed by atoms with van der Waals surface area (Å²) in [6.07, 6.45) is 4.92. The molecule has 0 spiro atoms. The molecule has 1 unspecified atom stereocenters. The molecule has 3 N–H and O–H groups in total. The molecular formula is C15H20N6O. The zero-order chi connectivity index (χ0) is 14.9. The fraction of sp³-hybridized carbons (Fsp3) is 0.533. The van der Waals surface area contributed by atoms with Gasteiger partial charge in [0.15, 0.2) is 0 Å². The lowest BCUT2D eigenvalue weighted by molar-refractivity contribution is 0.109. The second-order valence-corrected chi connectivity index (χ2v) is 5.93. The minimum absolute atomic E-state index is 0.360. The van der Waals surface area contributed by atoms with Crippen molar-refractivity contribution in [2.24, 2.45) is 0 Å². The molecule has 4 rings (SSSR count). The van der Waals surface area contributed by atoms with Crippen molar-refractivity contribution >= 4 is 11.8 Å². The van der Waals surface area contributed by atoms with Crippen molar-refractivity contribution in [3.8, 4) is 0 Å². The largest absolute Gasteiger partial charge is 0.376 e. The van der Waals surface area contributed by atoms with E-state index in [2.05, 4.69) is 31.1 Å². The number of piperidine rings is 1. The predicted molar refractivity (Wildman–Crippen MR) is 82.6 cm³/mol. The number of hydrogen-bond acceptors (Lipinski definition) is 6. The van der Waals surface area contributed by atoms with Crippen LogP contribution in [0.5, 0.6) is 0 Å². The summed E-state index contributed by atoms with van der Waals surface area (Å²) in [7, 11) is 0. The van der Waals surface area contributed by atoms with Gasteiger partial charge in [0.05, 0.1) is 18.9 Å². The lowest BCUT2D eigenvalue weighted by Crippen LogP contribution is -2.36. The number of rotatable bonds is 2. The predicted octanol–water partition coefficient (Wildman–Crippen LogP) is 1.24. The lowest BCUT2D eigenvalue weighted by atomic mass is 9.94. The highest BCUT2D eigenvalue weighted by molar-refractivity contribution is 5.53. The van der Waals surface area contributed by atoms with Gasteiger partial charge in [0, 0.05) is 42.9 Å². The Morgan fingerprint density at radius 1 is 1.36 bits per heavy atom.